The van der Waals surface area contributed by atoms with Crippen LogP contribution in [0.1, 0.15) is 5.56 Å². The molecule has 2 aromatic carbocycles. The minimum absolute atomic E-state index is 0.233. The summed E-state index contributed by atoms with van der Waals surface area (Å²) < 4.78 is 0. The van der Waals surface area contributed by atoms with Crippen LogP contribution in [-0.2, 0) is 0 Å². The Morgan fingerprint density at radius 1 is 0.789 bits per heavy atom. The lowest BCUT2D eigenvalue weighted by Gasteiger charge is -2.06. The van der Waals surface area contributed by atoms with Crippen molar-refractivity contribution >= 4 is 22.5 Å². The maximum Gasteiger partial charge on any atom is 0.170 e. The highest BCUT2D eigenvalue weighted by Gasteiger charge is 2.14. The molecule has 0 atom stereocenters. The summed E-state index contributed by atoms with van der Waals surface area (Å²) in [4.78, 5) is 0.896. The Morgan fingerprint density at radius 2 is 1.37 bits per heavy atom. The van der Waals surface area contributed by atoms with E-state index in [0.717, 1.165) is 4.90 Å². The van der Waals surface area contributed by atoms with Crippen LogP contribution in [0.4, 0.5) is 0 Å². The van der Waals surface area contributed by atoms with Crippen molar-refractivity contribution in [3.05, 3.63) is 66.2 Å². The van der Waals surface area contributed by atoms with E-state index in [4.69, 9.17) is 10.4 Å². The second kappa shape index (κ2) is 6.61. The second-order valence-corrected chi connectivity index (χ2v) is 4.70. The Morgan fingerprint density at radius 3 is 1.89 bits per heavy atom. The fraction of sp³-hybridized carbons (Fsp3) is 0. The van der Waals surface area contributed by atoms with E-state index in [2.05, 4.69) is 10.3 Å². The van der Waals surface area contributed by atoms with Gasteiger partial charge in [-0.3, -0.25) is 0 Å². The molecule has 0 saturated heterocycles. The Balaban J connectivity index is 2.27. The number of rotatable bonds is 3. The van der Waals surface area contributed by atoms with E-state index in [9.17, 15) is 0 Å². The molecule has 4 nitrogen and oxygen atoms in total. The van der Waals surface area contributed by atoms with Crippen LogP contribution < -0.4 is 0 Å². The summed E-state index contributed by atoms with van der Waals surface area (Å²) in [6, 6.07) is 18.5. The van der Waals surface area contributed by atoms with Gasteiger partial charge in [-0.2, -0.15) is 0 Å². The topological polar surface area (TPSA) is 65.2 Å². The summed E-state index contributed by atoms with van der Waals surface area (Å²) >= 11 is 1.23. The van der Waals surface area contributed by atoms with Gasteiger partial charge in [0.1, 0.15) is 5.71 Å². The molecule has 2 rings (SSSR count). The average Bonchev–Trinajstić information content (AvgIpc) is 2.49. The highest BCUT2D eigenvalue weighted by molar-refractivity contribution is 8.15. The lowest BCUT2D eigenvalue weighted by atomic mass is 10.1. The van der Waals surface area contributed by atoms with Crippen molar-refractivity contribution in [3.8, 4) is 0 Å². The lowest BCUT2D eigenvalue weighted by molar-refractivity contribution is 0.315. The van der Waals surface area contributed by atoms with Crippen molar-refractivity contribution in [1.29, 1.82) is 0 Å². The monoisotopic (exact) mass is 272 g/mol. The summed E-state index contributed by atoms with van der Waals surface area (Å²) in [5.74, 6) is 0. The standard InChI is InChI=1S/C14H12N2O2S/c17-15-13(11-7-3-1-4-8-11)14(16-18)19-12-9-5-2-6-10-12/h1-10,17-18H/b15-13+,16-14+. The molecule has 0 aromatic heterocycles. The van der Waals surface area contributed by atoms with E-state index in [-0.39, 0.29) is 10.8 Å². The van der Waals surface area contributed by atoms with Crippen molar-refractivity contribution in [3.63, 3.8) is 0 Å². The fourth-order valence-electron chi connectivity index (χ4n) is 1.54. The summed E-state index contributed by atoms with van der Waals surface area (Å²) in [6.45, 7) is 0. The van der Waals surface area contributed by atoms with Crippen LogP contribution in [0.2, 0.25) is 0 Å². The first-order valence-electron chi connectivity index (χ1n) is 5.58. The van der Waals surface area contributed by atoms with Crippen LogP contribution in [0.25, 0.3) is 0 Å². The summed E-state index contributed by atoms with van der Waals surface area (Å²) in [5, 5.41) is 25.0. The predicted octanol–water partition coefficient (Wildman–Crippen LogP) is 3.44. The van der Waals surface area contributed by atoms with Crippen LogP contribution in [0.5, 0.6) is 0 Å². The number of nitrogens with zero attached hydrogens (tertiary/aromatic N) is 2. The van der Waals surface area contributed by atoms with Gasteiger partial charge in [-0.1, -0.05) is 70.6 Å². The van der Waals surface area contributed by atoms with Gasteiger partial charge in [-0.05, 0) is 12.1 Å². The third-order valence-electron chi connectivity index (χ3n) is 2.40. The molecule has 0 unspecified atom stereocenters. The van der Waals surface area contributed by atoms with Crippen LogP contribution >= 0.6 is 11.8 Å². The van der Waals surface area contributed by atoms with E-state index >= 15 is 0 Å². The molecular formula is C14H12N2O2S. The Hall–Kier alpha value is -2.27. The number of hydrogen-bond donors (Lipinski definition) is 2. The molecule has 0 saturated carbocycles. The SMILES string of the molecule is O/N=C(Sc1ccccc1)\C(=N\O)c1ccccc1. The number of hydrogen-bond acceptors (Lipinski definition) is 5. The average molecular weight is 272 g/mol. The molecule has 96 valence electrons. The predicted molar refractivity (Wildman–Crippen MR) is 76.3 cm³/mol. The number of oxime groups is 2. The van der Waals surface area contributed by atoms with Crippen LogP contribution in [-0.4, -0.2) is 21.2 Å². The first-order chi connectivity index (χ1) is 9.35. The third kappa shape index (κ3) is 3.35. The zero-order valence-electron chi connectivity index (χ0n) is 9.97. The quantitative estimate of drug-likeness (QED) is 0.296. The summed E-state index contributed by atoms with van der Waals surface area (Å²) in [6.07, 6.45) is 0. The normalized spacial score (nSPS) is 12.4. The van der Waals surface area contributed by atoms with Crippen molar-refractivity contribution in [1.82, 2.24) is 0 Å². The van der Waals surface area contributed by atoms with E-state index in [1.807, 2.05) is 48.5 Å². The molecule has 19 heavy (non-hydrogen) atoms. The fourth-order valence-corrected chi connectivity index (χ4v) is 2.35. The third-order valence-corrected chi connectivity index (χ3v) is 3.37. The van der Waals surface area contributed by atoms with Crippen molar-refractivity contribution < 1.29 is 10.4 Å². The molecule has 0 aliphatic carbocycles. The summed E-state index contributed by atoms with van der Waals surface area (Å²) in [7, 11) is 0. The number of thioether (sulfide) groups is 1. The van der Waals surface area contributed by atoms with Gasteiger partial charge >= 0.3 is 0 Å². The molecule has 2 N–H and O–H groups in total. The van der Waals surface area contributed by atoms with Gasteiger partial charge in [0, 0.05) is 10.5 Å². The molecule has 0 heterocycles. The molecule has 0 radical (unpaired) electrons. The van der Waals surface area contributed by atoms with Crippen LogP contribution in [0, 0.1) is 0 Å². The molecule has 0 fully saturated rings. The zero-order valence-corrected chi connectivity index (χ0v) is 10.8. The van der Waals surface area contributed by atoms with E-state index in [1.165, 1.54) is 11.8 Å². The highest BCUT2D eigenvalue weighted by Crippen LogP contribution is 2.21. The molecule has 0 aliphatic rings. The molecular weight excluding hydrogens is 260 g/mol. The largest absolute Gasteiger partial charge is 0.410 e. The molecule has 2 aromatic rings. The van der Waals surface area contributed by atoms with Crippen molar-refractivity contribution in [2.75, 3.05) is 0 Å². The van der Waals surface area contributed by atoms with Gasteiger partial charge in [0.05, 0.1) is 0 Å². The van der Waals surface area contributed by atoms with E-state index < -0.39 is 0 Å². The van der Waals surface area contributed by atoms with Gasteiger partial charge in [-0.25, -0.2) is 0 Å². The minimum atomic E-state index is 0.233. The first kappa shape index (κ1) is 13.2. The molecule has 0 amide bonds. The lowest BCUT2D eigenvalue weighted by Crippen LogP contribution is -2.12. The maximum absolute atomic E-state index is 9.14. The van der Waals surface area contributed by atoms with E-state index in [1.54, 1.807) is 12.1 Å². The number of benzene rings is 2. The van der Waals surface area contributed by atoms with Gasteiger partial charge in [0.2, 0.25) is 0 Å². The van der Waals surface area contributed by atoms with E-state index in [0.29, 0.717) is 5.56 Å². The Kier molecular flexibility index (Phi) is 4.58. The van der Waals surface area contributed by atoms with Crippen LogP contribution in [0.3, 0.4) is 0 Å². The minimum Gasteiger partial charge on any atom is -0.410 e. The molecule has 0 bridgehead atoms. The van der Waals surface area contributed by atoms with Crippen molar-refractivity contribution in [2.24, 2.45) is 10.3 Å². The maximum atomic E-state index is 9.14. The first-order valence-corrected chi connectivity index (χ1v) is 6.39. The second-order valence-electron chi connectivity index (χ2n) is 3.63. The van der Waals surface area contributed by atoms with Gasteiger partial charge in [-0.15, -0.1) is 0 Å². The molecule has 5 heteroatoms. The smallest absolute Gasteiger partial charge is 0.170 e. The summed E-state index contributed by atoms with van der Waals surface area (Å²) in [5.41, 5.74) is 0.915. The van der Waals surface area contributed by atoms with Crippen molar-refractivity contribution in [2.45, 2.75) is 4.90 Å². The molecule has 0 spiro atoms. The van der Waals surface area contributed by atoms with Gasteiger partial charge in [0.15, 0.2) is 5.04 Å². The van der Waals surface area contributed by atoms with Gasteiger partial charge < -0.3 is 10.4 Å². The Labute approximate surface area is 115 Å². The van der Waals surface area contributed by atoms with Crippen LogP contribution in [0.15, 0.2) is 75.9 Å². The zero-order chi connectivity index (χ0) is 13.5. The highest BCUT2D eigenvalue weighted by atomic mass is 32.2. The Bertz CT molecular complexity index is 583. The van der Waals surface area contributed by atoms with Gasteiger partial charge in [0.25, 0.3) is 0 Å². The molecule has 0 aliphatic heterocycles.